The maximum Gasteiger partial charge on any atom is 0.411 e. The van der Waals surface area contributed by atoms with Crippen LogP contribution in [0.4, 0.5) is 4.79 Å². The molecule has 1 aliphatic rings. The Morgan fingerprint density at radius 3 is 2.45 bits per heavy atom. The summed E-state index contributed by atoms with van der Waals surface area (Å²) in [6.07, 6.45) is -0.470. The summed E-state index contributed by atoms with van der Waals surface area (Å²) in [7, 11) is 0. The van der Waals surface area contributed by atoms with Crippen LogP contribution in [0, 0.1) is 0 Å². The molecule has 0 bridgehead atoms. The molecule has 0 aliphatic carbocycles. The van der Waals surface area contributed by atoms with Crippen molar-refractivity contribution in [3.63, 3.8) is 0 Å². The average molecular weight is 369 g/mol. The molecule has 1 aromatic carbocycles. The van der Waals surface area contributed by atoms with E-state index in [1.54, 1.807) is 0 Å². The zero-order valence-corrected chi connectivity index (χ0v) is 14.8. The first-order chi connectivity index (χ1) is 10.2. The first kappa shape index (κ1) is 16.8. The Bertz CT molecular complexity index is 566. The van der Waals surface area contributed by atoms with Gasteiger partial charge in [-0.1, -0.05) is 28.1 Å². The molecular formula is C16H21BrN2O3. The average Bonchev–Trinajstić information content (AvgIpc) is 2.37. The normalized spacial score (nSPS) is 22.2. The molecule has 22 heavy (non-hydrogen) atoms. The SMILES string of the molecule is C[C@@H]1CN(C(=O)OC(C)(C)C)[C@@H](c2ccc(Br)cc2)C(=O)N1. The van der Waals surface area contributed by atoms with Gasteiger partial charge in [-0.2, -0.15) is 0 Å². The molecule has 2 rings (SSSR count). The molecule has 0 spiro atoms. The van der Waals surface area contributed by atoms with Gasteiger partial charge in [0.2, 0.25) is 5.91 Å². The number of carbonyl (C=O) groups is 2. The van der Waals surface area contributed by atoms with E-state index in [9.17, 15) is 9.59 Å². The van der Waals surface area contributed by atoms with E-state index in [1.807, 2.05) is 52.0 Å². The Hall–Kier alpha value is -1.56. The fraction of sp³-hybridized carbons (Fsp3) is 0.500. The lowest BCUT2D eigenvalue weighted by Gasteiger charge is -2.39. The maximum absolute atomic E-state index is 12.5. The van der Waals surface area contributed by atoms with Gasteiger partial charge in [-0.15, -0.1) is 0 Å². The molecule has 1 saturated heterocycles. The van der Waals surface area contributed by atoms with Crippen LogP contribution in [0.15, 0.2) is 28.7 Å². The van der Waals surface area contributed by atoms with Crippen molar-refractivity contribution >= 4 is 27.9 Å². The second-order valence-electron chi connectivity index (χ2n) is 6.50. The lowest BCUT2D eigenvalue weighted by atomic mass is 10.0. The monoisotopic (exact) mass is 368 g/mol. The third kappa shape index (κ3) is 4.00. The highest BCUT2D eigenvalue weighted by Gasteiger charge is 2.39. The molecule has 1 aromatic rings. The van der Waals surface area contributed by atoms with Crippen molar-refractivity contribution in [1.82, 2.24) is 10.2 Å². The lowest BCUT2D eigenvalue weighted by molar-refractivity contribution is -0.130. The first-order valence-corrected chi connectivity index (χ1v) is 8.02. The molecular weight excluding hydrogens is 348 g/mol. The summed E-state index contributed by atoms with van der Waals surface area (Å²) >= 11 is 3.37. The van der Waals surface area contributed by atoms with Crippen molar-refractivity contribution in [2.45, 2.75) is 45.4 Å². The van der Waals surface area contributed by atoms with E-state index in [2.05, 4.69) is 21.2 Å². The quantitative estimate of drug-likeness (QED) is 0.827. The van der Waals surface area contributed by atoms with Crippen LogP contribution < -0.4 is 5.32 Å². The minimum Gasteiger partial charge on any atom is -0.444 e. The maximum atomic E-state index is 12.5. The number of hydrogen-bond donors (Lipinski definition) is 1. The molecule has 0 aromatic heterocycles. The zero-order valence-electron chi connectivity index (χ0n) is 13.2. The van der Waals surface area contributed by atoms with Gasteiger partial charge in [0, 0.05) is 17.1 Å². The summed E-state index contributed by atoms with van der Waals surface area (Å²) in [4.78, 5) is 26.4. The summed E-state index contributed by atoms with van der Waals surface area (Å²) in [5.41, 5.74) is 0.164. The number of ether oxygens (including phenoxy) is 1. The Morgan fingerprint density at radius 1 is 1.32 bits per heavy atom. The summed E-state index contributed by atoms with van der Waals surface area (Å²) in [6, 6.07) is 6.61. The number of piperazine rings is 1. The number of nitrogens with zero attached hydrogens (tertiary/aromatic N) is 1. The zero-order chi connectivity index (χ0) is 16.5. The summed E-state index contributed by atoms with van der Waals surface area (Å²) < 4.78 is 6.37. The van der Waals surface area contributed by atoms with E-state index in [0.29, 0.717) is 6.54 Å². The highest BCUT2D eigenvalue weighted by molar-refractivity contribution is 9.10. The van der Waals surface area contributed by atoms with Gasteiger partial charge in [-0.05, 0) is 45.4 Å². The van der Waals surface area contributed by atoms with E-state index in [1.165, 1.54) is 4.90 Å². The van der Waals surface area contributed by atoms with E-state index < -0.39 is 17.7 Å². The van der Waals surface area contributed by atoms with E-state index in [4.69, 9.17) is 4.74 Å². The molecule has 2 amide bonds. The first-order valence-electron chi connectivity index (χ1n) is 7.23. The van der Waals surface area contributed by atoms with Crippen LogP contribution in [-0.2, 0) is 9.53 Å². The minimum absolute atomic E-state index is 0.105. The van der Waals surface area contributed by atoms with Gasteiger partial charge in [0.1, 0.15) is 11.6 Å². The van der Waals surface area contributed by atoms with Crippen LogP contribution in [0.3, 0.4) is 0 Å². The smallest absolute Gasteiger partial charge is 0.411 e. The van der Waals surface area contributed by atoms with Crippen LogP contribution >= 0.6 is 15.9 Å². The molecule has 5 nitrogen and oxygen atoms in total. The summed E-state index contributed by atoms with van der Waals surface area (Å²) in [6.45, 7) is 7.72. The van der Waals surface area contributed by atoms with Crippen molar-refractivity contribution in [2.75, 3.05) is 6.54 Å². The number of carbonyl (C=O) groups excluding carboxylic acids is 2. The van der Waals surface area contributed by atoms with Gasteiger partial charge < -0.3 is 10.1 Å². The molecule has 2 atom stereocenters. The molecule has 0 unspecified atom stereocenters. The predicted octanol–water partition coefficient (Wildman–Crippen LogP) is 3.25. The van der Waals surface area contributed by atoms with Crippen molar-refractivity contribution in [3.8, 4) is 0 Å². The van der Waals surface area contributed by atoms with Crippen LogP contribution in [0.2, 0.25) is 0 Å². The van der Waals surface area contributed by atoms with Crippen molar-refractivity contribution in [2.24, 2.45) is 0 Å². The third-order valence-electron chi connectivity index (χ3n) is 3.23. The standard InChI is InChI=1S/C16H21BrN2O3/c1-10-9-19(15(21)22-16(2,3)4)13(14(20)18-10)11-5-7-12(17)8-6-11/h5-8,10,13H,9H2,1-4H3,(H,18,20)/t10-,13+/m1/s1. The molecule has 1 aliphatic heterocycles. The molecule has 0 saturated carbocycles. The molecule has 1 fully saturated rings. The number of amides is 2. The lowest BCUT2D eigenvalue weighted by Crippen LogP contribution is -2.57. The number of hydrogen-bond acceptors (Lipinski definition) is 3. The minimum atomic E-state index is -0.667. The molecule has 1 heterocycles. The van der Waals surface area contributed by atoms with Crippen molar-refractivity contribution < 1.29 is 14.3 Å². The topological polar surface area (TPSA) is 58.6 Å². The second kappa shape index (κ2) is 6.28. The van der Waals surface area contributed by atoms with Gasteiger partial charge in [-0.25, -0.2) is 4.79 Å². The van der Waals surface area contributed by atoms with Gasteiger partial charge >= 0.3 is 6.09 Å². The highest BCUT2D eigenvalue weighted by Crippen LogP contribution is 2.27. The third-order valence-corrected chi connectivity index (χ3v) is 3.76. The van der Waals surface area contributed by atoms with Gasteiger partial charge in [-0.3, -0.25) is 9.69 Å². The molecule has 1 N–H and O–H groups in total. The van der Waals surface area contributed by atoms with Crippen LogP contribution in [0.25, 0.3) is 0 Å². The molecule has 120 valence electrons. The molecule has 6 heteroatoms. The Morgan fingerprint density at radius 2 is 1.91 bits per heavy atom. The summed E-state index contributed by atoms with van der Waals surface area (Å²) in [5, 5.41) is 2.89. The van der Waals surface area contributed by atoms with Crippen LogP contribution in [0.5, 0.6) is 0 Å². The number of benzene rings is 1. The van der Waals surface area contributed by atoms with E-state index in [-0.39, 0.29) is 11.9 Å². The predicted molar refractivity (Wildman–Crippen MR) is 87.4 cm³/mol. The second-order valence-corrected chi connectivity index (χ2v) is 7.41. The van der Waals surface area contributed by atoms with E-state index >= 15 is 0 Å². The van der Waals surface area contributed by atoms with Gasteiger partial charge in [0.15, 0.2) is 0 Å². The fourth-order valence-electron chi connectivity index (χ4n) is 2.39. The van der Waals surface area contributed by atoms with Crippen molar-refractivity contribution in [1.29, 1.82) is 0 Å². The Labute approximate surface area is 139 Å². The Balaban J connectivity index is 2.31. The fourth-order valence-corrected chi connectivity index (χ4v) is 2.65. The number of nitrogens with one attached hydrogen (secondary N) is 1. The highest BCUT2D eigenvalue weighted by atomic mass is 79.9. The Kier molecular flexibility index (Phi) is 4.80. The van der Waals surface area contributed by atoms with Crippen LogP contribution in [0.1, 0.15) is 39.3 Å². The largest absolute Gasteiger partial charge is 0.444 e. The molecule has 0 radical (unpaired) electrons. The number of halogens is 1. The van der Waals surface area contributed by atoms with E-state index in [0.717, 1.165) is 10.0 Å². The van der Waals surface area contributed by atoms with Gasteiger partial charge in [0.25, 0.3) is 0 Å². The van der Waals surface area contributed by atoms with Crippen LogP contribution in [-0.4, -0.2) is 35.1 Å². The number of rotatable bonds is 1. The van der Waals surface area contributed by atoms with Gasteiger partial charge in [0.05, 0.1) is 0 Å². The summed E-state index contributed by atoms with van der Waals surface area (Å²) in [5.74, 6) is -0.188. The van der Waals surface area contributed by atoms with Crippen molar-refractivity contribution in [3.05, 3.63) is 34.3 Å².